The number of nitrogens with two attached hydrogens (primary N) is 1. The summed E-state index contributed by atoms with van der Waals surface area (Å²) in [5, 5.41) is 32.0. The molecule has 0 aromatic heterocycles. The average molecular weight is 353 g/mol. The van der Waals surface area contributed by atoms with E-state index in [0.717, 1.165) is 5.56 Å². The van der Waals surface area contributed by atoms with Crippen molar-refractivity contribution in [1.82, 2.24) is 5.32 Å². The van der Waals surface area contributed by atoms with E-state index in [4.69, 9.17) is 5.73 Å². The minimum Gasteiger partial charge on any atom is -0.478 e. The Morgan fingerprint density at radius 2 is 1.88 bits per heavy atom. The number of amides is 1. The normalized spacial score (nSPS) is 14.6. The van der Waals surface area contributed by atoms with Crippen LogP contribution in [0.15, 0.2) is 24.3 Å². The minimum atomic E-state index is -2.53. The van der Waals surface area contributed by atoms with Crippen LogP contribution >= 0.6 is 0 Å². The molecule has 0 aliphatic heterocycles. The second-order valence-corrected chi connectivity index (χ2v) is 6.17. The summed E-state index contributed by atoms with van der Waals surface area (Å²) < 4.78 is 0. The van der Waals surface area contributed by atoms with E-state index in [9.17, 15) is 29.9 Å². The van der Waals surface area contributed by atoms with Gasteiger partial charge in [-0.1, -0.05) is 26.0 Å². The van der Waals surface area contributed by atoms with Crippen molar-refractivity contribution in [2.24, 2.45) is 11.7 Å². The number of hydrogen-bond donors (Lipinski definition) is 4. The number of aliphatic carboxylic acids is 1. The van der Waals surface area contributed by atoms with Gasteiger partial charge in [-0.2, -0.15) is 0 Å². The summed E-state index contributed by atoms with van der Waals surface area (Å²) in [6.45, 7) is 3.28. The second kappa shape index (κ2) is 8.54. The molecule has 138 valence electrons. The van der Waals surface area contributed by atoms with Crippen LogP contribution in [0.1, 0.15) is 32.3 Å². The number of rotatable bonds is 9. The molecule has 0 unspecified atom stereocenters. The molecule has 0 saturated carbocycles. The number of carbonyl (C=O) groups excluding carboxylic acids is 1. The van der Waals surface area contributed by atoms with E-state index in [1.165, 1.54) is 12.1 Å². The molecule has 0 bridgehead atoms. The number of nitrogens with zero attached hydrogens (tertiary/aromatic N) is 1. The van der Waals surface area contributed by atoms with Crippen molar-refractivity contribution in [2.75, 3.05) is 0 Å². The lowest BCUT2D eigenvalue weighted by Crippen LogP contribution is -2.66. The number of carboxylic acids is 1. The maximum absolute atomic E-state index is 11.9. The van der Waals surface area contributed by atoms with Crippen LogP contribution in [0.3, 0.4) is 0 Å². The smallest absolute Gasteiger partial charge is 0.358 e. The van der Waals surface area contributed by atoms with E-state index < -0.39 is 28.6 Å². The molecular formula is C16H23N3O6. The Hall–Kier alpha value is -2.52. The third-order valence-electron chi connectivity index (χ3n) is 3.87. The lowest BCUT2D eigenvalue weighted by Gasteiger charge is -2.32. The van der Waals surface area contributed by atoms with Crippen LogP contribution in [-0.2, 0) is 16.0 Å². The molecule has 1 aromatic carbocycles. The number of aryl methyl sites for hydroxylation is 1. The number of non-ortho nitro benzene ring substituents is 1. The Kier molecular flexibility index (Phi) is 7.01. The molecule has 0 spiro atoms. The van der Waals surface area contributed by atoms with E-state index in [2.05, 4.69) is 5.32 Å². The van der Waals surface area contributed by atoms with Gasteiger partial charge >= 0.3 is 5.97 Å². The first-order chi connectivity index (χ1) is 11.6. The topological polar surface area (TPSA) is 156 Å². The number of nitrogens with one attached hydrogen (secondary N) is 1. The molecular weight excluding hydrogens is 330 g/mol. The van der Waals surface area contributed by atoms with E-state index >= 15 is 0 Å². The highest BCUT2D eigenvalue weighted by molar-refractivity contribution is 5.86. The predicted octanol–water partition coefficient (Wildman–Crippen LogP) is 0.790. The maximum atomic E-state index is 11.9. The molecule has 9 nitrogen and oxygen atoms in total. The minimum absolute atomic E-state index is 0.0165. The summed E-state index contributed by atoms with van der Waals surface area (Å²) in [7, 11) is 0. The lowest BCUT2D eigenvalue weighted by atomic mass is 9.93. The van der Waals surface area contributed by atoms with Crippen molar-refractivity contribution >= 4 is 17.6 Å². The molecule has 0 radical (unpaired) electrons. The molecule has 1 rings (SSSR count). The third-order valence-corrected chi connectivity index (χ3v) is 3.87. The Bertz CT molecular complexity index is 631. The fraction of sp³-hybridized carbons (Fsp3) is 0.500. The molecule has 1 aromatic rings. The van der Waals surface area contributed by atoms with Crippen LogP contribution in [0.5, 0.6) is 0 Å². The Morgan fingerprint density at radius 1 is 1.32 bits per heavy atom. The molecule has 0 saturated heterocycles. The van der Waals surface area contributed by atoms with Gasteiger partial charge in [0.05, 0.1) is 11.0 Å². The maximum Gasteiger partial charge on any atom is 0.358 e. The van der Waals surface area contributed by atoms with E-state index in [1.807, 2.05) is 0 Å². The summed E-state index contributed by atoms with van der Waals surface area (Å²) in [6.07, 6.45) is 0.848. The van der Waals surface area contributed by atoms with Gasteiger partial charge in [-0.05, 0) is 24.3 Å². The Morgan fingerprint density at radius 3 is 2.32 bits per heavy atom. The zero-order valence-electron chi connectivity index (χ0n) is 14.1. The summed E-state index contributed by atoms with van der Waals surface area (Å²) >= 11 is 0. The molecule has 2 atom stereocenters. The first kappa shape index (κ1) is 20.5. The third kappa shape index (κ3) is 5.50. The van der Waals surface area contributed by atoms with Gasteiger partial charge in [-0.25, -0.2) is 4.79 Å². The molecule has 0 aliphatic carbocycles. The van der Waals surface area contributed by atoms with Crippen LogP contribution in [0.4, 0.5) is 5.69 Å². The average Bonchev–Trinajstić information content (AvgIpc) is 2.54. The molecule has 9 heteroatoms. The summed E-state index contributed by atoms with van der Waals surface area (Å²) in [4.78, 5) is 33.3. The summed E-state index contributed by atoms with van der Waals surface area (Å²) in [6, 6.07) is 4.78. The highest BCUT2D eigenvalue weighted by Crippen LogP contribution is 2.16. The van der Waals surface area contributed by atoms with E-state index in [0.29, 0.717) is 12.8 Å². The van der Waals surface area contributed by atoms with Gasteiger partial charge < -0.3 is 21.3 Å². The van der Waals surface area contributed by atoms with Gasteiger partial charge in [0, 0.05) is 18.6 Å². The van der Waals surface area contributed by atoms with Crippen LogP contribution < -0.4 is 11.1 Å². The zero-order chi connectivity index (χ0) is 19.2. The van der Waals surface area contributed by atoms with Crippen molar-refractivity contribution in [3.05, 3.63) is 39.9 Å². The van der Waals surface area contributed by atoms with E-state index in [-0.39, 0.29) is 18.0 Å². The number of benzene rings is 1. The molecule has 5 N–H and O–H groups in total. The van der Waals surface area contributed by atoms with Crippen LogP contribution in [0.25, 0.3) is 0 Å². The molecule has 0 aliphatic rings. The molecule has 1 amide bonds. The van der Waals surface area contributed by atoms with Crippen LogP contribution in [0.2, 0.25) is 0 Å². The van der Waals surface area contributed by atoms with Gasteiger partial charge in [-0.15, -0.1) is 0 Å². The highest BCUT2D eigenvalue weighted by atomic mass is 16.6. The predicted molar refractivity (Wildman–Crippen MR) is 89.6 cm³/mol. The molecule has 0 fully saturated rings. The fourth-order valence-corrected chi connectivity index (χ4v) is 2.27. The second-order valence-electron chi connectivity index (χ2n) is 6.17. The van der Waals surface area contributed by atoms with E-state index in [1.54, 1.807) is 26.0 Å². The molecule has 0 heterocycles. The monoisotopic (exact) mass is 353 g/mol. The van der Waals surface area contributed by atoms with Crippen molar-refractivity contribution < 1.29 is 24.7 Å². The fourth-order valence-electron chi connectivity index (χ4n) is 2.27. The van der Waals surface area contributed by atoms with Crippen molar-refractivity contribution in [2.45, 2.75) is 44.9 Å². The number of nitro benzene ring substituents is 1. The SMILES string of the molecule is CC(C)[C@@H](N)[C@@](O)(NC(=O)CCCc1ccc([N+](=O)[O-])cc1)C(=O)O. The van der Waals surface area contributed by atoms with Crippen LogP contribution in [0, 0.1) is 16.0 Å². The number of aliphatic hydroxyl groups is 1. The summed E-state index contributed by atoms with van der Waals surface area (Å²) in [5.41, 5.74) is 3.97. The molecule has 25 heavy (non-hydrogen) atoms. The largest absolute Gasteiger partial charge is 0.478 e. The number of hydrogen-bond acceptors (Lipinski definition) is 6. The lowest BCUT2D eigenvalue weighted by molar-refractivity contribution is -0.384. The van der Waals surface area contributed by atoms with Gasteiger partial charge in [0.15, 0.2) is 0 Å². The first-order valence-corrected chi connectivity index (χ1v) is 7.83. The first-order valence-electron chi connectivity index (χ1n) is 7.83. The van der Waals surface area contributed by atoms with Crippen molar-refractivity contribution in [1.29, 1.82) is 0 Å². The quantitative estimate of drug-likeness (QED) is 0.290. The summed E-state index contributed by atoms with van der Waals surface area (Å²) in [5.74, 6) is -2.61. The van der Waals surface area contributed by atoms with Crippen LogP contribution in [-0.4, -0.2) is 38.8 Å². The Balaban J connectivity index is 2.58. The van der Waals surface area contributed by atoms with Gasteiger partial charge in [0.1, 0.15) is 0 Å². The van der Waals surface area contributed by atoms with Crippen molar-refractivity contribution in [3.8, 4) is 0 Å². The standard InChI is InChI=1S/C16H23N3O6/c1-10(2)14(17)16(23,15(21)22)18-13(20)5-3-4-11-6-8-12(9-7-11)19(24)25/h6-10,14,23H,3-5,17H2,1-2H3,(H,18,20)(H,21,22)/t14-,16+/m1/s1. The number of nitro groups is 1. The zero-order valence-corrected chi connectivity index (χ0v) is 14.1. The highest BCUT2D eigenvalue weighted by Gasteiger charge is 2.45. The Labute approximate surface area is 145 Å². The van der Waals surface area contributed by atoms with Gasteiger partial charge in [0.25, 0.3) is 11.4 Å². The number of carbonyl (C=O) groups is 2. The van der Waals surface area contributed by atoms with Crippen molar-refractivity contribution in [3.63, 3.8) is 0 Å². The van der Waals surface area contributed by atoms with Gasteiger partial charge in [-0.3, -0.25) is 14.9 Å². The van der Waals surface area contributed by atoms with Gasteiger partial charge in [0.2, 0.25) is 5.91 Å². The number of carboxylic acid groups (broad SMARTS) is 1.